The molecule has 2 bridgehead atoms. The number of aryl methyl sites for hydroxylation is 1. The molecule has 4 heterocycles. The first-order valence-corrected chi connectivity index (χ1v) is 10.5. The van der Waals surface area contributed by atoms with Gasteiger partial charge in [-0.15, -0.1) is 0 Å². The number of benzene rings is 1. The average Bonchev–Trinajstić information content (AvgIpc) is 3.11. The minimum absolute atomic E-state index is 0.104. The maximum absolute atomic E-state index is 14.2. The molecule has 1 saturated heterocycles. The lowest BCUT2D eigenvalue weighted by Gasteiger charge is -2.45. The van der Waals surface area contributed by atoms with Crippen LogP contribution in [0.5, 0.6) is 5.88 Å². The van der Waals surface area contributed by atoms with Crippen LogP contribution >= 0.6 is 0 Å². The van der Waals surface area contributed by atoms with Gasteiger partial charge in [0.2, 0.25) is 5.88 Å². The molecule has 33 heavy (non-hydrogen) atoms. The number of rotatable bonds is 3. The summed E-state index contributed by atoms with van der Waals surface area (Å²) in [5.41, 5.74) is 2.18. The third-order valence-corrected chi connectivity index (χ3v) is 6.42. The van der Waals surface area contributed by atoms with Gasteiger partial charge in [0.05, 0.1) is 30.1 Å². The molecule has 0 aliphatic carbocycles. The van der Waals surface area contributed by atoms with Crippen molar-refractivity contribution >= 4 is 5.91 Å². The molecule has 172 valence electrons. The summed E-state index contributed by atoms with van der Waals surface area (Å²) in [6.07, 6.45) is 3.93. The molecule has 2 atom stereocenters. The number of fused-ring (bicyclic) bond motifs is 4. The van der Waals surface area contributed by atoms with Gasteiger partial charge in [-0.25, -0.2) is 22.5 Å². The summed E-state index contributed by atoms with van der Waals surface area (Å²) in [6, 6.07) is 2.43. The lowest BCUT2D eigenvalue weighted by molar-refractivity contribution is 0.0391. The van der Waals surface area contributed by atoms with Crippen molar-refractivity contribution in [2.75, 3.05) is 7.11 Å². The van der Waals surface area contributed by atoms with Gasteiger partial charge in [-0.2, -0.15) is 5.10 Å². The summed E-state index contributed by atoms with van der Waals surface area (Å²) >= 11 is 0. The largest absolute Gasteiger partial charge is 0.479 e. The maximum Gasteiger partial charge on any atom is 0.256 e. The van der Waals surface area contributed by atoms with Crippen LogP contribution in [0.15, 0.2) is 24.4 Å². The quantitative estimate of drug-likeness (QED) is 0.431. The number of aromatic nitrogens is 3. The second-order valence-corrected chi connectivity index (χ2v) is 8.32. The molecule has 1 amide bonds. The van der Waals surface area contributed by atoms with Crippen molar-refractivity contribution in [2.24, 2.45) is 7.05 Å². The number of carbonyl (C=O) groups excluding carboxylic acids is 1. The Labute approximate surface area is 186 Å². The first kappa shape index (κ1) is 21.4. The number of amides is 1. The molecular weight excluding hydrogens is 440 g/mol. The Morgan fingerprint density at radius 2 is 1.82 bits per heavy atom. The molecule has 6 nitrogen and oxygen atoms in total. The lowest BCUT2D eigenvalue weighted by Crippen LogP contribution is -2.49. The zero-order valence-electron chi connectivity index (χ0n) is 17.9. The predicted molar refractivity (Wildman–Crippen MR) is 110 cm³/mol. The summed E-state index contributed by atoms with van der Waals surface area (Å²) in [5, 5.41) is 4.58. The molecule has 5 rings (SSSR count). The van der Waals surface area contributed by atoms with E-state index in [0.29, 0.717) is 30.7 Å². The van der Waals surface area contributed by atoms with Crippen LogP contribution < -0.4 is 4.74 Å². The molecule has 2 aliphatic rings. The van der Waals surface area contributed by atoms with Crippen molar-refractivity contribution in [1.29, 1.82) is 0 Å². The fourth-order valence-corrected chi connectivity index (χ4v) is 5.04. The summed E-state index contributed by atoms with van der Waals surface area (Å²) in [5.74, 6) is -5.37. The fraction of sp³-hybridized carbons (Fsp3) is 0.348. The number of ether oxygens (including phenoxy) is 1. The Morgan fingerprint density at radius 1 is 1.09 bits per heavy atom. The number of methoxy groups -OCH3 is 1. The Bertz CT molecular complexity index is 1250. The summed E-state index contributed by atoms with van der Waals surface area (Å²) < 4.78 is 61.9. The number of hydrogen-bond acceptors (Lipinski definition) is 4. The molecule has 0 saturated carbocycles. The predicted octanol–water partition coefficient (Wildman–Crippen LogP) is 4.34. The Balaban J connectivity index is 1.57. The highest BCUT2D eigenvalue weighted by molar-refractivity contribution is 5.95. The topological polar surface area (TPSA) is 60.2 Å². The Morgan fingerprint density at radius 3 is 2.48 bits per heavy atom. The SMILES string of the molecule is COc1ncc(C(=O)N2[C@@H]3CCC[C@H]2c2nn(C)c(-c4cc(F)c(F)c(F)c4)c2C3)cc1F. The number of hydrogen-bond donors (Lipinski definition) is 0. The monoisotopic (exact) mass is 460 g/mol. The molecule has 3 aromatic rings. The van der Waals surface area contributed by atoms with Gasteiger partial charge in [0.25, 0.3) is 5.91 Å². The second-order valence-electron chi connectivity index (χ2n) is 8.32. The molecule has 0 radical (unpaired) electrons. The van der Waals surface area contributed by atoms with Crippen LogP contribution in [-0.4, -0.2) is 38.7 Å². The van der Waals surface area contributed by atoms with Crippen LogP contribution in [0, 0.1) is 23.3 Å². The van der Waals surface area contributed by atoms with E-state index >= 15 is 0 Å². The zero-order chi connectivity index (χ0) is 23.4. The number of carbonyl (C=O) groups is 1. The third kappa shape index (κ3) is 3.35. The van der Waals surface area contributed by atoms with Crippen molar-refractivity contribution in [2.45, 2.75) is 37.8 Å². The van der Waals surface area contributed by atoms with Crippen molar-refractivity contribution in [3.05, 3.63) is 64.5 Å². The lowest BCUT2D eigenvalue weighted by atomic mass is 9.81. The first-order valence-electron chi connectivity index (χ1n) is 10.5. The van der Waals surface area contributed by atoms with Crippen molar-refractivity contribution in [3.8, 4) is 17.1 Å². The molecule has 0 spiro atoms. The minimum Gasteiger partial charge on any atom is -0.479 e. The van der Waals surface area contributed by atoms with E-state index in [0.717, 1.165) is 30.2 Å². The first-order chi connectivity index (χ1) is 15.8. The highest BCUT2D eigenvalue weighted by Crippen LogP contribution is 2.45. The minimum atomic E-state index is -1.52. The van der Waals surface area contributed by atoms with E-state index in [1.54, 1.807) is 11.9 Å². The number of nitrogens with zero attached hydrogens (tertiary/aromatic N) is 4. The van der Waals surface area contributed by atoms with E-state index in [4.69, 9.17) is 4.74 Å². The normalized spacial score (nSPS) is 19.4. The van der Waals surface area contributed by atoms with Crippen LogP contribution in [-0.2, 0) is 13.5 Å². The molecule has 1 fully saturated rings. The van der Waals surface area contributed by atoms with Crippen molar-refractivity contribution in [3.63, 3.8) is 0 Å². The average molecular weight is 460 g/mol. The maximum atomic E-state index is 14.2. The van der Waals surface area contributed by atoms with Gasteiger partial charge in [-0.3, -0.25) is 9.48 Å². The molecule has 0 unspecified atom stereocenters. The van der Waals surface area contributed by atoms with E-state index in [9.17, 15) is 22.4 Å². The molecular formula is C23H20F4N4O2. The van der Waals surface area contributed by atoms with Gasteiger partial charge in [-0.05, 0) is 43.9 Å². The Hall–Kier alpha value is -3.43. The van der Waals surface area contributed by atoms with Gasteiger partial charge >= 0.3 is 0 Å². The van der Waals surface area contributed by atoms with E-state index in [2.05, 4.69) is 10.1 Å². The van der Waals surface area contributed by atoms with Gasteiger partial charge in [0.1, 0.15) is 0 Å². The van der Waals surface area contributed by atoms with Crippen LogP contribution in [0.1, 0.15) is 46.9 Å². The number of pyridine rings is 1. The highest BCUT2D eigenvalue weighted by atomic mass is 19.2. The van der Waals surface area contributed by atoms with Gasteiger partial charge in [0, 0.05) is 30.4 Å². The molecule has 1 aromatic carbocycles. The Kier molecular flexibility index (Phi) is 5.10. The van der Waals surface area contributed by atoms with Crippen LogP contribution in [0.25, 0.3) is 11.3 Å². The van der Waals surface area contributed by atoms with Crippen LogP contribution in [0.4, 0.5) is 17.6 Å². The summed E-state index contributed by atoms with van der Waals surface area (Å²) in [6.45, 7) is 0. The fourth-order valence-electron chi connectivity index (χ4n) is 5.04. The smallest absolute Gasteiger partial charge is 0.256 e. The van der Waals surface area contributed by atoms with Crippen molar-refractivity contribution < 1.29 is 27.1 Å². The van der Waals surface area contributed by atoms with E-state index in [1.807, 2.05) is 0 Å². The molecule has 2 aliphatic heterocycles. The second kappa shape index (κ2) is 7.86. The van der Waals surface area contributed by atoms with Crippen LogP contribution in [0.2, 0.25) is 0 Å². The third-order valence-electron chi connectivity index (χ3n) is 6.42. The van der Waals surface area contributed by atoms with Gasteiger partial charge < -0.3 is 9.64 Å². The highest BCUT2D eigenvalue weighted by Gasteiger charge is 2.43. The number of piperidine rings is 1. The van der Waals surface area contributed by atoms with E-state index < -0.39 is 23.3 Å². The standard InChI is InChI=1S/C23H20F4N4O2/c1-30-21(11-6-15(24)19(27)16(25)7-11)14-9-13-4-3-5-18(20(14)29-30)31(13)23(32)12-8-17(26)22(33-2)28-10-12/h6-8,10,13,18H,3-5,9H2,1-2H3/t13-,18+/m1/s1. The molecule has 10 heteroatoms. The van der Waals surface area contributed by atoms with E-state index in [-0.39, 0.29) is 35.0 Å². The van der Waals surface area contributed by atoms with Crippen molar-refractivity contribution in [1.82, 2.24) is 19.7 Å². The van der Waals surface area contributed by atoms with Crippen LogP contribution in [0.3, 0.4) is 0 Å². The number of halogens is 4. The summed E-state index contributed by atoms with van der Waals surface area (Å²) in [4.78, 5) is 18.9. The summed E-state index contributed by atoms with van der Waals surface area (Å²) in [7, 11) is 2.94. The van der Waals surface area contributed by atoms with E-state index in [1.165, 1.54) is 18.0 Å². The van der Waals surface area contributed by atoms with Gasteiger partial charge in [-0.1, -0.05) is 0 Å². The molecule has 2 aromatic heterocycles. The zero-order valence-corrected chi connectivity index (χ0v) is 17.9. The van der Waals surface area contributed by atoms with Gasteiger partial charge in [0.15, 0.2) is 23.3 Å². The molecule has 0 N–H and O–H groups in total.